The first kappa shape index (κ1) is 23.0. The first-order chi connectivity index (χ1) is 15.9. The number of piperidine rings is 1. The molecule has 1 fully saturated rings. The van der Waals surface area contributed by atoms with Gasteiger partial charge in [0.1, 0.15) is 6.04 Å². The second-order valence-electron chi connectivity index (χ2n) is 9.50. The third kappa shape index (κ3) is 5.44. The van der Waals surface area contributed by atoms with Crippen LogP contribution in [0.3, 0.4) is 0 Å². The van der Waals surface area contributed by atoms with Gasteiger partial charge in [-0.05, 0) is 47.6 Å². The third-order valence-corrected chi connectivity index (χ3v) is 6.47. The lowest BCUT2D eigenvalue weighted by molar-refractivity contribution is -0.142. The van der Waals surface area contributed by atoms with Gasteiger partial charge < -0.3 is 15.1 Å². The molecule has 0 aliphatic carbocycles. The van der Waals surface area contributed by atoms with Crippen molar-refractivity contribution in [1.29, 1.82) is 0 Å². The van der Waals surface area contributed by atoms with Gasteiger partial charge in [-0.15, -0.1) is 0 Å². The van der Waals surface area contributed by atoms with Crippen LogP contribution in [0, 0.1) is 5.92 Å². The number of anilines is 1. The Bertz CT molecular complexity index is 1030. The minimum absolute atomic E-state index is 0.0188. The van der Waals surface area contributed by atoms with Crippen molar-refractivity contribution in [2.75, 3.05) is 11.4 Å². The van der Waals surface area contributed by atoms with Crippen LogP contribution in [0.15, 0.2) is 48.5 Å². The molecule has 33 heavy (non-hydrogen) atoms. The van der Waals surface area contributed by atoms with Gasteiger partial charge >= 0.3 is 0 Å². The van der Waals surface area contributed by atoms with Crippen LogP contribution < -0.4 is 10.2 Å². The van der Waals surface area contributed by atoms with E-state index in [-0.39, 0.29) is 23.6 Å². The zero-order chi connectivity index (χ0) is 23.4. The second kappa shape index (κ2) is 10.2. The van der Waals surface area contributed by atoms with Crippen LogP contribution in [0.25, 0.3) is 0 Å². The van der Waals surface area contributed by atoms with Gasteiger partial charge in [0.25, 0.3) is 0 Å². The van der Waals surface area contributed by atoms with E-state index in [1.165, 1.54) is 0 Å². The minimum Gasteiger partial charge on any atom is -0.350 e. The molecule has 0 bridgehead atoms. The van der Waals surface area contributed by atoms with Crippen molar-refractivity contribution >= 4 is 23.4 Å². The number of rotatable bonds is 6. The van der Waals surface area contributed by atoms with Gasteiger partial charge in [-0.25, -0.2) is 0 Å². The van der Waals surface area contributed by atoms with Crippen LogP contribution in [-0.4, -0.2) is 35.2 Å². The van der Waals surface area contributed by atoms with E-state index in [0.29, 0.717) is 32.4 Å². The van der Waals surface area contributed by atoms with Crippen molar-refractivity contribution in [2.45, 2.75) is 65.1 Å². The maximum atomic E-state index is 13.3. The van der Waals surface area contributed by atoms with Crippen LogP contribution in [0.1, 0.15) is 56.2 Å². The fourth-order valence-corrected chi connectivity index (χ4v) is 4.71. The Morgan fingerprint density at radius 2 is 1.85 bits per heavy atom. The quantitative estimate of drug-likeness (QED) is 0.732. The van der Waals surface area contributed by atoms with Crippen LogP contribution in [0.4, 0.5) is 5.69 Å². The number of hydrogen-bond donors (Lipinski definition) is 1. The lowest BCUT2D eigenvalue weighted by Crippen LogP contribution is -2.52. The Labute approximate surface area is 196 Å². The Balaban J connectivity index is 1.46. The molecule has 2 aliphatic heterocycles. The number of carbonyl (C=O) groups is 3. The summed E-state index contributed by atoms with van der Waals surface area (Å²) in [6.07, 6.45) is 3.49. The molecular formula is C27H33N3O3. The first-order valence-electron chi connectivity index (χ1n) is 12.0. The van der Waals surface area contributed by atoms with Crippen molar-refractivity contribution in [3.05, 3.63) is 65.2 Å². The van der Waals surface area contributed by atoms with Crippen molar-refractivity contribution in [3.63, 3.8) is 0 Å². The molecule has 0 spiro atoms. The van der Waals surface area contributed by atoms with Crippen molar-refractivity contribution < 1.29 is 14.4 Å². The highest BCUT2D eigenvalue weighted by molar-refractivity contribution is 5.94. The largest absolute Gasteiger partial charge is 0.350 e. The van der Waals surface area contributed by atoms with Crippen LogP contribution in [-0.2, 0) is 33.9 Å². The van der Waals surface area contributed by atoms with Gasteiger partial charge in [0.15, 0.2) is 0 Å². The van der Waals surface area contributed by atoms with Crippen molar-refractivity contribution in [2.24, 2.45) is 5.92 Å². The molecule has 1 unspecified atom stereocenters. The summed E-state index contributed by atoms with van der Waals surface area (Å²) in [5.74, 6) is 0.271. The molecule has 2 aromatic carbocycles. The zero-order valence-corrected chi connectivity index (χ0v) is 19.5. The summed E-state index contributed by atoms with van der Waals surface area (Å²) in [6.45, 7) is 5.60. The SMILES string of the molecule is CC(C)CC(=O)N1Cc2ccccc2CC1C(=O)NCc1cccc(N2CCCCC2=O)c1. The number of nitrogens with one attached hydrogen (secondary N) is 1. The molecule has 1 N–H and O–H groups in total. The summed E-state index contributed by atoms with van der Waals surface area (Å²) in [7, 11) is 0. The van der Waals surface area contributed by atoms with E-state index in [1.807, 2.05) is 67.3 Å². The summed E-state index contributed by atoms with van der Waals surface area (Å²) in [4.78, 5) is 42.1. The van der Waals surface area contributed by atoms with Gasteiger partial charge in [-0.3, -0.25) is 14.4 Å². The first-order valence-corrected chi connectivity index (χ1v) is 12.0. The normalized spacial score (nSPS) is 18.3. The molecule has 4 rings (SSSR count). The van der Waals surface area contributed by atoms with Gasteiger partial charge in [0.05, 0.1) is 0 Å². The average Bonchev–Trinajstić information content (AvgIpc) is 2.81. The maximum Gasteiger partial charge on any atom is 0.243 e. The Morgan fingerprint density at radius 3 is 2.61 bits per heavy atom. The van der Waals surface area contributed by atoms with Gasteiger partial charge in [-0.1, -0.05) is 50.2 Å². The van der Waals surface area contributed by atoms with E-state index < -0.39 is 6.04 Å². The Morgan fingerprint density at radius 1 is 1.06 bits per heavy atom. The fraction of sp³-hybridized carbons (Fsp3) is 0.444. The molecule has 3 amide bonds. The van der Waals surface area contributed by atoms with E-state index in [9.17, 15) is 14.4 Å². The van der Waals surface area contributed by atoms with E-state index in [2.05, 4.69) is 5.32 Å². The molecule has 1 atom stereocenters. The summed E-state index contributed by atoms with van der Waals surface area (Å²) < 4.78 is 0. The number of amides is 3. The summed E-state index contributed by atoms with van der Waals surface area (Å²) in [5, 5.41) is 3.04. The highest BCUT2D eigenvalue weighted by atomic mass is 16.2. The molecule has 0 aromatic heterocycles. The molecule has 6 nitrogen and oxygen atoms in total. The number of benzene rings is 2. The fourth-order valence-electron chi connectivity index (χ4n) is 4.71. The summed E-state index contributed by atoms with van der Waals surface area (Å²) >= 11 is 0. The van der Waals surface area contributed by atoms with Gasteiger partial charge in [0, 0.05) is 44.6 Å². The smallest absolute Gasteiger partial charge is 0.243 e. The lowest BCUT2D eigenvalue weighted by Gasteiger charge is -2.36. The van der Waals surface area contributed by atoms with Crippen LogP contribution in [0.5, 0.6) is 0 Å². The number of carbonyl (C=O) groups excluding carboxylic acids is 3. The Hall–Kier alpha value is -3.15. The molecule has 2 aromatic rings. The summed E-state index contributed by atoms with van der Waals surface area (Å²) in [5.41, 5.74) is 4.05. The van der Waals surface area contributed by atoms with Gasteiger partial charge in [0.2, 0.25) is 17.7 Å². The molecular weight excluding hydrogens is 414 g/mol. The standard InChI is InChI=1S/C27H33N3O3/c1-19(2)14-26(32)30-18-22-10-4-3-9-21(22)16-24(30)27(33)28-17-20-8-7-11-23(15-20)29-13-6-5-12-25(29)31/h3-4,7-11,15,19,24H,5-6,12-14,16-18H2,1-2H3,(H,28,33). The van der Waals surface area contributed by atoms with E-state index in [1.54, 1.807) is 4.90 Å². The molecule has 174 valence electrons. The monoisotopic (exact) mass is 447 g/mol. The molecule has 2 heterocycles. The summed E-state index contributed by atoms with van der Waals surface area (Å²) in [6, 6.07) is 15.3. The second-order valence-corrected chi connectivity index (χ2v) is 9.50. The predicted molar refractivity (Wildman–Crippen MR) is 128 cm³/mol. The molecule has 2 aliphatic rings. The topological polar surface area (TPSA) is 69.7 Å². The van der Waals surface area contributed by atoms with E-state index in [4.69, 9.17) is 0 Å². The lowest BCUT2D eigenvalue weighted by atomic mass is 9.92. The minimum atomic E-state index is -0.516. The molecule has 0 saturated carbocycles. The average molecular weight is 448 g/mol. The maximum absolute atomic E-state index is 13.3. The third-order valence-electron chi connectivity index (χ3n) is 6.47. The number of fused-ring (bicyclic) bond motifs is 1. The van der Waals surface area contributed by atoms with Gasteiger partial charge in [-0.2, -0.15) is 0 Å². The molecule has 6 heteroatoms. The molecule has 0 radical (unpaired) electrons. The predicted octanol–water partition coefficient (Wildman–Crippen LogP) is 3.82. The van der Waals surface area contributed by atoms with Crippen molar-refractivity contribution in [3.8, 4) is 0 Å². The Kier molecular flexibility index (Phi) is 7.11. The zero-order valence-electron chi connectivity index (χ0n) is 19.5. The van der Waals surface area contributed by atoms with E-state index in [0.717, 1.165) is 41.8 Å². The van der Waals surface area contributed by atoms with Crippen LogP contribution >= 0.6 is 0 Å². The number of nitrogens with zero attached hydrogens (tertiary/aromatic N) is 2. The molecule has 1 saturated heterocycles. The van der Waals surface area contributed by atoms with E-state index >= 15 is 0 Å². The van der Waals surface area contributed by atoms with Crippen molar-refractivity contribution in [1.82, 2.24) is 10.2 Å². The number of hydrogen-bond acceptors (Lipinski definition) is 3. The highest BCUT2D eigenvalue weighted by Gasteiger charge is 2.34. The highest BCUT2D eigenvalue weighted by Crippen LogP contribution is 2.26. The van der Waals surface area contributed by atoms with Crippen LogP contribution in [0.2, 0.25) is 0 Å².